The van der Waals surface area contributed by atoms with E-state index in [1.807, 2.05) is 0 Å². The Hall–Kier alpha value is -0.130. The lowest BCUT2D eigenvalue weighted by atomic mass is 9.98. The molecule has 0 radical (unpaired) electrons. The smallest absolute Gasteiger partial charge is 0.211 e. The van der Waals surface area contributed by atoms with Crippen LogP contribution < -0.4 is 10.0 Å². The predicted molar refractivity (Wildman–Crippen MR) is 83.2 cm³/mol. The molecule has 1 aliphatic heterocycles. The zero-order valence-electron chi connectivity index (χ0n) is 12.7. The minimum atomic E-state index is -3.12. The molecule has 20 heavy (non-hydrogen) atoms. The second kappa shape index (κ2) is 7.76. The van der Waals surface area contributed by atoms with Crippen molar-refractivity contribution in [2.75, 3.05) is 12.3 Å². The molecule has 1 heterocycles. The van der Waals surface area contributed by atoms with Gasteiger partial charge in [-0.15, -0.1) is 0 Å². The van der Waals surface area contributed by atoms with Crippen LogP contribution in [0.15, 0.2) is 0 Å². The van der Waals surface area contributed by atoms with Crippen LogP contribution in [-0.4, -0.2) is 32.8 Å². The zero-order valence-corrected chi connectivity index (χ0v) is 13.6. The molecule has 0 aromatic heterocycles. The molecule has 2 fully saturated rings. The summed E-state index contributed by atoms with van der Waals surface area (Å²) in [6.07, 6.45) is 10.1. The number of hydrogen-bond acceptors (Lipinski definition) is 3. The average molecular weight is 302 g/mol. The quantitative estimate of drug-likeness (QED) is 0.767. The maximum absolute atomic E-state index is 12.3. The third kappa shape index (κ3) is 5.34. The molecule has 2 rings (SSSR count). The Morgan fingerprint density at radius 2 is 1.80 bits per heavy atom. The van der Waals surface area contributed by atoms with Crippen molar-refractivity contribution in [3.8, 4) is 0 Å². The van der Waals surface area contributed by atoms with Crippen LogP contribution in [0.2, 0.25) is 0 Å². The molecule has 0 amide bonds. The Bertz CT molecular complexity index is 377. The zero-order chi connectivity index (χ0) is 14.4. The summed E-state index contributed by atoms with van der Waals surface area (Å²) in [6, 6.07) is 0.550. The van der Waals surface area contributed by atoms with E-state index in [1.165, 1.54) is 25.7 Å². The number of hydrogen-bond donors (Lipinski definition) is 2. The fourth-order valence-electron chi connectivity index (χ4n) is 3.43. The monoisotopic (exact) mass is 302 g/mol. The molecule has 4 nitrogen and oxygen atoms in total. The maximum atomic E-state index is 12.3. The van der Waals surface area contributed by atoms with Gasteiger partial charge in [0.25, 0.3) is 0 Å². The van der Waals surface area contributed by atoms with Crippen LogP contribution in [0.5, 0.6) is 0 Å². The number of piperidine rings is 1. The Balaban J connectivity index is 1.79. The first kappa shape index (κ1) is 16.2. The molecule has 2 aliphatic rings. The summed E-state index contributed by atoms with van der Waals surface area (Å²) in [4.78, 5) is 0. The van der Waals surface area contributed by atoms with Crippen LogP contribution >= 0.6 is 0 Å². The van der Waals surface area contributed by atoms with Gasteiger partial charge in [0.1, 0.15) is 0 Å². The first-order valence-corrected chi connectivity index (χ1v) is 9.95. The molecule has 5 heteroatoms. The largest absolute Gasteiger partial charge is 0.314 e. The highest BCUT2D eigenvalue weighted by Crippen LogP contribution is 2.23. The highest BCUT2D eigenvalue weighted by Gasteiger charge is 2.25. The van der Waals surface area contributed by atoms with Crippen LogP contribution in [0, 0.1) is 5.92 Å². The molecule has 2 N–H and O–H groups in total. The van der Waals surface area contributed by atoms with E-state index in [2.05, 4.69) is 17.0 Å². The Morgan fingerprint density at radius 3 is 2.55 bits per heavy atom. The van der Waals surface area contributed by atoms with Crippen LogP contribution in [-0.2, 0) is 10.0 Å². The molecule has 1 aliphatic carbocycles. The fraction of sp³-hybridized carbons (Fsp3) is 1.00. The van der Waals surface area contributed by atoms with Crippen molar-refractivity contribution in [3.63, 3.8) is 0 Å². The van der Waals surface area contributed by atoms with Gasteiger partial charge in [-0.25, -0.2) is 13.1 Å². The van der Waals surface area contributed by atoms with E-state index in [1.54, 1.807) is 0 Å². The molecule has 0 spiro atoms. The van der Waals surface area contributed by atoms with E-state index in [4.69, 9.17) is 0 Å². The lowest BCUT2D eigenvalue weighted by Gasteiger charge is -2.25. The van der Waals surface area contributed by atoms with Gasteiger partial charge in [0.05, 0.1) is 5.75 Å². The summed E-state index contributed by atoms with van der Waals surface area (Å²) in [5.41, 5.74) is 0. The van der Waals surface area contributed by atoms with Gasteiger partial charge in [-0.05, 0) is 44.6 Å². The van der Waals surface area contributed by atoms with Crippen LogP contribution in [0.25, 0.3) is 0 Å². The van der Waals surface area contributed by atoms with Gasteiger partial charge in [0, 0.05) is 12.1 Å². The van der Waals surface area contributed by atoms with Gasteiger partial charge in [-0.2, -0.15) is 0 Å². The number of rotatable bonds is 5. The lowest BCUT2D eigenvalue weighted by Crippen LogP contribution is -2.42. The molecule has 3 unspecified atom stereocenters. The first-order chi connectivity index (χ1) is 9.57. The molecular formula is C15H30N2O2S. The average Bonchev–Trinajstić information content (AvgIpc) is 2.63. The molecule has 3 atom stereocenters. The summed E-state index contributed by atoms with van der Waals surface area (Å²) in [6.45, 7) is 3.22. The van der Waals surface area contributed by atoms with Gasteiger partial charge in [-0.3, -0.25) is 0 Å². The molecule has 0 bridgehead atoms. The summed E-state index contributed by atoms with van der Waals surface area (Å²) in [7, 11) is -3.12. The summed E-state index contributed by atoms with van der Waals surface area (Å²) in [5, 5.41) is 3.42. The van der Waals surface area contributed by atoms with E-state index in [-0.39, 0.29) is 11.8 Å². The predicted octanol–water partition coefficient (Wildman–Crippen LogP) is 2.41. The SMILES string of the molecule is CC1CCCCCC1NS(=O)(=O)CCC1CCCCN1. The van der Waals surface area contributed by atoms with Crippen LogP contribution in [0.3, 0.4) is 0 Å². The third-order valence-electron chi connectivity index (χ3n) is 4.84. The minimum absolute atomic E-state index is 0.154. The second-order valence-electron chi connectivity index (χ2n) is 6.59. The van der Waals surface area contributed by atoms with Gasteiger partial charge in [0.15, 0.2) is 0 Å². The van der Waals surface area contributed by atoms with Crippen LogP contribution in [0.4, 0.5) is 0 Å². The van der Waals surface area contributed by atoms with Crippen molar-refractivity contribution in [3.05, 3.63) is 0 Å². The lowest BCUT2D eigenvalue weighted by molar-refractivity contribution is 0.385. The van der Waals surface area contributed by atoms with E-state index < -0.39 is 10.0 Å². The topological polar surface area (TPSA) is 58.2 Å². The highest BCUT2D eigenvalue weighted by atomic mass is 32.2. The van der Waals surface area contributed by atoms with Crippen molar-refractivity contribution in [2.45, 2.75) is 76.8 Å². The van der Waals surface area contributed by atoms with E-state index in [9.17, 15) is 8.42 Å². The van der Waals surface area contributed by atoms with Crippen molar-refractivity contribution in [2.24, 2.45) is 5.92 Å². The minimum Gasteiger partial charge on any atom is -0.314 e. The molecule has 0 aromatic carbocycles. The number of nitrogens with one attached hydrogen (secondary N) is 2. The summed E-state index contributed by atoms with van der Waals surface area (Å²) in [5.74, 6) is 0.744. The molecular weight excluding hydrogens is 272 g/mol. The normalized spacial score (nSPS) is 32.8. The first-order valence-electron chi connectivity index (χ1n) is 8.30. The summed E-state index contributed by atoms with van der Waals surface area (Å²) >= 11 is 0. The Kier molecular flexibility index (Phi) is 6.30. The number of sulfonamides is 1. The Morgan fingerprint density at radius 1 is 1.05 bits per heavy atom. The molecule has 1 saturated carbocycles. The third-order valence-corrected chi connectivity index (χ3v) is 6.27. The molecule has 1 saturated heterocycles. The molecule has 0 aromatic rings. The fourth-order valence-corrected chi connectivity index (χ4v) is 4.95. The highest BCUT2D eigenvalue weighted by molar-refractivity contribution is 7.89. The van der Waals surface area contributed by atoms with Gasteiger partial charge in [-0.1, -0.05) is 32.6 Å². The second-order valence-corrected chi connectivity index (χ2v) is 8.47. The van der Waals surface area contributed by atoms with Crippen molar-refractivity contribution >= 4 is 10.0 Å². The van der Waals surface area contributed by atoms with E-state index in [0.717, 1.165) is 38.6 Å². The van der Waals surface area contributed by atoms with E-state index in [0.29, 0.717) is 12.0 Å². The van der Waals surface area contributed by atoms with Crippen molar-refractivity contribution in [1.29, 1.82) is 0 Å². The maximum Gasteiger partial charge on any atom is 0.211 e. The van der Waals surface area contributed by atoms with E-state index >= 15 is 0 Å². The Labute approximate surface area is 124 Å². The van der Waals surface area contributed by atoms with Crippen molar-refractivity contribution in [1.82, 2.24) is 10.0 Å². The molecule has 118 valence electrons. The summed E-state index contributed by atoms with van der Waals surface area (Å²) < 4.78 is 27.5. The van der Waals surface area contributed by atoms with Gasteiger partial charge in [0.2, 0.25) is 10.0 Å². The van der Waals surface area contributed by atoms with Crippen molar-refractivity contribution < 1.29 is 8.42 Å². The standard InChI is InChI=1S/C15H30N2O2S/c1-13-7-3-2-4-9-15(13)17-20(18,19)12-10-14-8-5-6-11-16-14/h13-17H,2-12H2,1H3. The van der Waals surface area contributed by atoms with Gasteiger partial charge >= 0.3 is 0 Å². The van der Waals surface area contributed by atoms with Gasteiger partial charge < -0.3 is 5.32 Å². The van der Waals surface area contributed by atoms with Crippen LogP contribution in [0.1, 0.15) is 64.7 Å².